The van der Waals surface area contributed by atoms with E-state index in [1.807, 2.05) is 10.7 Å². The first-order chi connectivity index (χ1) is 17.5. The van der Waals surface area contributed by atoms with Crippen LogP contribution in [0.4, 0.5) is 18.9 Å². The molecule has 194 valence electrons. The molecule has 0 saturated carbocycles. The van der Waals surface area contributed by atoms with Crippen LogP contribution in [-0.4, -0.2) is 25.1 Å². The van der Waals surface area contributed by atoms with Gasteiger partial charge in [-0.05, 0) is 54.1 Å². The Balaban J connectivity index is 1.60. The molecule has 13 heteroatoms. The van der Waals surface area contributed by atoms with Crippen molar-refractivity contribution >= 4 is 58.5 Å². The van der Waals surface area contributed by atoms with Gasteiger partial charge in [-0.25, -0.2) is 5.43 Å². The van der Waals surface area contributed by atoms with Gasteiger partial charge in [0.2, 0.25) is 0 Å². The van der Waals surface area contributed by atoms with Gasteiger partial charge in [0.25, 0.3) is 0 Å². The van der Waals surface area contributed by atoms with Crippen molar-refractivity contribution in [2.75, 3.05) is 12.4 Å². The summed E-state index contributed by atoms with van der Waals surface area (Å²) < 4.78 is 49.7. The van der Waals surface area contributed by atoms with Crippen LogP contribution in [-0.2, 0) is 22.4 Å². The molecule has 0 aliphatic heterocycles. The number of methoxy groups -OCH3 is 1. The number of benzene rings is 3. The van der Waals surface area contributed by atoms with Crippen LogP contribution in [0.15, 0.2) is 59.7 Å². The zero-order valence-electron chi connectivity index (χ0n) is 18.8. The van der Waals surface area contributed by atoms with Crippen molar-refractivity contribution in [1.82, 2.24) is 5.43 Å². The minimum absolute atomic E-state index is 0.154. The maximum Gasteiger partial charge on any atom is 0.416 e. The molecule has 2 amide bonds. The first-order valence-corrected chi connectivity index (χ1v) is 11.4. The highest BCUT2D eigenvalue weighted by Crippen LogP contribution is 2.34. The minimum atomic E-state index is -4.65. The van der Waals surface area contributed by atoms with Gasteiger partial charge in [-0.1, -0.05) is 40.9 Å². The molecule has 3 aromatic carbocycles. The van der Waals surface area contributed by atoms with E-state index in [0.29, 0.717) is 38.7 Å². The van der Waals surface area contributed by atoms with Crippen LogP contribution in [0.2, 0.25) is 15.1 Å². The lowest BCUT2D eigenvalue weighted by Crippen LogP contribution is -2.32. The maximum absolute atomic E-state index is 12.9. The predicted molar refractivity (Wildman–Crippen MR) is 135 cm³/mol. The fourth-order valence-electron chi connectivity index (χ4n) is 2.87. The Kier molecular flexibility index (Phi) is 9.25. The van der Waals surface area contributed by atoms with Gasteiger partial charge >= 0.3 is 18.0 Å². The minimum Gasteiger partial charge on any atom is -0.493 e. The lowest BCUT2D eigenvalue weighted by Gasteiger charge is -2.12. The molecule has 3 rings (SSSR count). The fourth-order valence-corrected chi connectivity index (χ4v) is 3.50. The molecule has 2 N–H and O–H groups in total. The number of nitrogens with zero attached hydrogens (tertiary/aromatic N) is 1. The molecule has 0 heterocycles. The molecule has 0 atom stereocenters. The molecular formula is C24H17Cl3F3N3O4. The molecule has 0 aliphatic rings. The van der Waals surface area contributed by atoms with Crippen molar-refractivity contribution in [2.45, 2.75) is 12.8 Å². The molecule has 7 nitrogen and oxygen atoms in total. The molecule has 0 fully saturated rings. The van der Waals surface area contributed by atoms with Crippen molar-refractivity contribution < 1.29 is 32.2 Å². The smallest absolute Gasteiger partial charge is 0.416 e. The number of anilines is 1. The number of ether oxygens (including phenoxy) is 2. The lowest BCUT2D eigenvalue weighted by atomic mass is 10.2. The zero-order valence-corrected chi connectivity index (χ0v) is 21.1. The van der Waals surface area contributed by atoms with E-state index in [1.165, 1.54) is 13.3 Å². The maximum atomic E-state index is 12.9. The van der Waals surface area contributed by atoms with E-state index in [0.717, 1.165) is 12.1 Å². The number of amides is 2. The third kappa shape index (κ3) is 7.75. The summed E-state index contributed by atoms with van der Waals surface area (Å²) in [5.41, 5.74) is 1.76. The number of halogens is 6. The first kappa shape index (κ1) is 28.1. The number of alkyl halides is 3. The van der Waals surface area contributed by atoms with Crippen molar-refractivity contribution in [3.05, 3.63) is 86.4 Å². The van der Waals surface area contributed by atoms with Gasteiger partial charge < -0.3 is 14.8 Å². The quantitative estimate of drug-likeness (QED) is 0.196. The molecule has 37 heavy (non-hydrogen) atoms. The highest BCUT2D eigenvalue weighted by atomic mass is 35.5. The summed E-state index contributed by atoms with van der Waals surface area (Å²) in [7, 11) is 1.43. The Bertz CT molecular complexity index is 1350. The number of rotatable bonds is 7. The second-order valence-electron chi connectivity index (χ2n) is 7.28. The molecule has 0 bridgehead atoms. The van der Waals surface area contributed by atoms with Gasteiger partial charge in [0.15, 0.2) is 11.5 Å². The SMILES string of the molecule is COc1cc(C=NNC(=O)C(=O)Nc2cc(C(F)(F)F)ccc2Cl)ccc1OCc1ccc(Cl)cc1Cl. The highest BCUT2D eigenvalue weighted by Gasteiger charge is 2.31. The van der Waals surface area contributed by atoms with Gasteiger partial charge in [0, 0.05) is 15.6 Å². The van der Waals surface area contributed by atoms with E-state index in [2.05, 4.69) is 5.10 Å². The predicted octanol–water partition coefficient (Wildman–Crippen LogP) is 6.34. The summed E-state index contributed by atoms with van der Waals surface area (Å²) in [6, 6.07) is 12.1. The van der Waals surface area contributed by atoms with E-state index in [9.17, 15) is 22.8 Å². The number of hydrogen-bond donors (Lipinski definition) is 2. The molecule has 0 aliphatic carbocycles. The monoisotopic (exact) mass is 573 g/mol. The van der Waals surface area contributed by atoms with Crippen LogP contribution >= 0.6 is 34.8 Å². The van der Waals surface area contributed by atoms with Gasteiger partial charge in [0.1, 0.15) is 6.61 Å². The van der Waals surface area contributed by atoms with E-state index >= 15 is 0 Å². The lowest BCUT2D eigenvalue weighted by molar-refractivity contribution is -0.137. The second kappa shape index (κ2) is 12.2. The second-order valence-corrected chi connectivity index (χ2v) is 8.53. The van der Waals surface area contributed by atoms with Crippen LogP contribution in [0, 0.1) is 0 Å². The summed E-state index contributed by atoms with van der Waals surface area (Å²) in [4.78, 5) is 24.1. The molecular weight excluding hydrogens is 558 g/mol. The number of hydrogen-bond acceptors (Lipinski definition) is 5. The summed E-state index contributed by atoms with van der Waals surface area (Å²) in [6.07, 6.45) is -3.42. The van der Waals surface area contributed by atoms with E-state index in [1.54, 1.807) is 36.4 Å². The van der Waals surface area contributed by atoms with Gasteiger partial charge in [0.05, 0.1) is 29.6 Å². The summed E-state index contributed by atoms with van der Waals surface area (Å²) in [5.74, 6) is -1.72. The van der Waals surface area contributed by atoms with Gasteiger partial charge in [-0.3, -0.25) is 9.59 Å². The van der Waals surface area contributed by atoms with Crippen LogP contribution in [0.3, 0.4) is 0 Å². The Morgan fingerprint density at radius 3 is 2.38 bits per heavy atom. The fraction of sp³-hybridized carbons (Fsp3) is 0.125. The topological polar surface area (TPSA) is 89.0 Å². The van der Waals surface area contributed by atoms with Crippen LogP contribution in [0.25, 0.3) is 0 Å². The molecule has 3 aromatic rings. The van der Waals surface area contributed by atoms with Crippen LogP contribution in [0.1, 0.15) is 16.7 Å². The Hall–Kier alpha value is -3.47. The summed E-state index contributed by atoms with van der Waals surface area (Å²) >= 11 is 17.9. The van der Waals surface area contributed by atoms with E-state index in [-0.39, 0.29) is 17.3 Å². The molecule has 0 aromatic heterocycles. The Morgan fingerprint density at radius 2 is 1.70 bits per heavy atom. The van der Waals surface area contributed by atoms with Crippen molar-refractivity contribution in [3.63, 3.8) is 0 Å². The number of carbonyl (C=O) groups excluding carboxylic acids is 2. The van der Waals surface area contributed by atoms with Crippen molar-refractivity contribution in [3.8, 4) is 11.5 Å². The van der Waals surface area contributed by atoms with Crippen molar-refractivity contribution in [2.24, 2.45) is 5.10 Å². The molecule has 0 saturated heterocycles. The van der Waals surface area contributed by atoms with Gasteiger partial charge in [-0.15, -0.1) is 0 Å². The average Bonchev–Trinajstić information content (AvgIpc) is 2.84. The third-order valence-corrected chi connectivity index (χ3v) is 5.63. The Morgan fingerprint density at radius 1 is 0.946 bits per heavy atom. The standard InChI is InChI=1S/C24H17Cl3F3N3O4/c1-36-21-8-13(2-7-20(21)37-12-14-3-5-16(25)10-18(14)27)11-31-33-23(35)22(34)32-19-9-15(24(28,29)30)4-6-17(19)26/h2-11H,12H2,1H3,(H,32,34)(H,33,35). The summed E-state index contributed by atoms with van der Waals surface area (Å²) in [6.45, 7) is 0.154. The molecule has 0 radical (unpaired) electrons. The number of nitrogens with one attached hydrogen (secondary N) is 2. The zero-order chi connectivity index (χ0) is 27.2. The summed E-state index contributed by atoms with van der Waals surface area (Å²) in [5, 5.41) is 6.47. The third-order valence-electron chi connectivity index (χ3n) is 4.71. The van der Waals surface area contributed by atoms with Crippen molar-refractivity contribution in [1.29, 1.82) is 0 Å². The average molecular weight is 575 g/mol. The van der Waals surface area contributed by atoms with E-state index < -0.39 is 23.6 Å². The van der Waals surface area contributed by atoms with Crippen LogP contribution < -0.4 is 20.2 Å². The normalized spacial score (nSPS) is 11.3. The largest absolute Gasteiger partial charge is 0.493 e. The molecule has 0 spiro atoms. The number of carbonyl (C=O) groups is 2. The first-order valence-electron chi connectivity index (χ1n) is 10.2. The van der Waals surface area contributed by atoms with Gasteiger partial charge in [-0.2, -0.15) is 18.3 Å². The highest BCUT2D eigenvalue weighted by molar-refractivity contribution is 6.41. The Labute approximate surface area is 224 Å². The van der Waals surface area contributed by atoms with Crippen LogP contribution in [0.5, 0.6) is 11.5 Å². The molecule has 0 unspecified atom stereocenters. The number of hydrazone groups is 1. The van der Waals surface area contributed by atoms with E-state index in [4.69, 9.17) is 44.3 Å².